The fourth-order valence-electron chi connectivity index (χ4n) is 2.44. The lowest BCUT2D eigenvalue weighted by Gasteiger charge is -2.08. The molecule has 0 unspecified atom stereocenters. The van der Waals surface area contributed by atoms with Gasteiger partial charge in [-0.05, 0) is 61.4 Å². The number of aryl methyl sites for hydroxylation is 1. The van der Waals surface area contributed by atoms with Gasteiger partial charge >= 0.3 is 6.18 Å². The average Bonchev–Trinajstić information content (AvgIpc) is 3.11. The summed E-state index contributed by atoms with van der Waals surface area (Å²) in [6.07, 6.45) is -4.35. The van der Waals surface area contributed by atoms with Crippen molar-refractivity contribution in [3.63, 3.8) is 0 Å². The Morgan fingerprint density at radius 1 is 1.03 bits per heavy atom. The van der Waals surface area contributed by atoms with Crippen molar-refractivity contribution < 1.29 is 22.7 Å². The molecule has 1 aromatic heterocycles. The number of rotatable bonds is 7. The molecule has 2 aromatic carbocycles. The summed E-state index contributed by atoms with van der Waals surface area (Å²) in [5, 5.41) is 10.8. The molecule has 0 amide bonds. The fraction of sp³-hybridized carbons (Fsp3) is 0.250. The van der Waals surface area contributed by atoms with Crippen LogP contribution in [0.25, 0.3) is 0 Å². The molecular formula is C20H19F3N4O2. The molecule has 9 heteroatoms. The highest BCUT2D eigenvalue weighted by Gasteiger charge is 2.29. The number of aromatic nitrogens is 3. The van der Waals surface area contributed by atoms with Gasteiger partial charge in [0.25, 0.3) is 0 Å². The van der Waals surface area contributed by atoms with Crippen molar-refractivity contribution in [2.45, 2.75) is 33.2 Å². The van der Waals surface area contributed by atoms with Gasteiger partial charge in [-0.15, -0.1) is 0 Å². The zero-order chi connectivity index (χ0) is 20.9. The van der Waals surface area contributed by atoms with Crippen LogP contribution in [-0.2, 0) is 24.2 Å². The normalized spacial score (nSPS) is 12.1. The largest absolute Gasteiger partial charge is 0.486 e. The van der Waals surface area contributed by atoms with Crippen molar-refractivity contribution in [3.05, 3.63) is 76.9 Å². The van der Waals surface area contributed by atoms with Gasteiger partial charge in [0, 0.05) is 0 Å². The summed E-state index contributed by atoms with van der Waals surface area (Å²) in [5.74, 6) is 1.96. The quantitative estimate of drug-likeness (QED) is 0.460. The van der Waals surface area contributed by atoms with Crippen LogP contribution < -0.4 is 4.74 Å². The molecule has 0 aliphatic carbocycles. The molecule has 0 atom stereocenters. The van der Waals surface area contributed by atoms with Crippen molar-refractivity contribution in [2.75, 3.05) is 0 Å². The third-order valence-corrected chi connectivity index (χ3v) is 4.00. The maximum absolute atomic E-state index is 12.6. The average molecular weight is 404 g/mol. The molecule has 1 heterocycles. The van der Waals surface area contributed by atoms with Gasteiger partial charge in [-0.2, -0.15) is 18.3 Å². The highest BCUT2D eigenvalue weighted by molar-refractivity contribution is 5.98. The van der Waals surface area contributed by atoms with E-state index in [2.05, 4.69) is 20.3 Å². The minimum absolute atomic E-state index is 0.0761. The number of benzene rings is 2. The number of oxime groups is 1. The molecule has 29 heavy (non-hydrogen) atoms. The predicted molar refractivity (Wildman–Crippen MR) is 100 cm³/mol. The van der Waals surface area contributed by atoms with E-state index in [-0.39, 0.29) is 13.2 Å². The molecule has 0 saturated carbocycles. The number of aromatic amines is 1. The van der Waals surface area contributed by atoms with E-state index in [0.29, 0.717) is 22.8 Å². The van der Waals surface area contributed by atoms with E-state index in [4.69, 9.17) is 9.57 Å². The van der Waals surface area contributed by atoms with Crippen LogP contribution in [0.4, 0.5) is 13.2 Å². The van der Waals surface area contributed by atoms with Crippen LogP contribution >= 0.6 is 0 Å². The van der Waals surface area contributed by atoms with Crippen LogP contribution in [0, 0.1) is 6.92 Å². The molecule has 1 N–H and O–H groups in total. The first-order chi connectivity index (χ1) is 13.8. The summed E-state index contributed by atoms with van der Waals surface area (Å²) < 4.78 is 43.3. The molecule has 0 radical (unpaired) electrons. The molecule has 0 saturated heterocycles. The van der Waals surface area contributed by atoms with Crippen LogP contribution in [0.1, 0.15) is 35.3 Å². The maximum atomic E-state index is 12.6. The lowest BCUT2D eigenvalue weighted by molar-refractivity contribution is -0.137. The Balaban J connectivity index is 1.51. The molecule has 6 nitrogen and oxygen atoms in total. The number of H-pyrrole nitrogens is 1. The van der Waals surface area contributed by atoms with E-state index in [9.17, 15) is 13.2 Å². The van der Waals surface area contributed by atoms with Gasteiger partial charge in [-0.25, -0.2) is 4.98 Å². The number of nitrogens with one attached hydrogen (secondary N) is 1. The highest BCUT2D eigenvalue weighted by Crippen LogP contribution is 2.29. The third-order valence-electron chi connectivity index (χ3n) is 4.00. The SMILES string of the molecule is C/C(=N\OCc1ccc(C(F)(F)F)cc1)c1ccc(OCc2n[nH]c(C)n2)cc1. The van der Waals surface area contributed by atoms with E-state index >= 15 is 0 Å². The number of hydrogen-bond donors (Lipinski definition) is 1. The Morgan fingerprint density at radius 2 is 1.72 bits per heavy atom. The first-order valence-corrected chi connectivity index (χ1v) is 8.75. The molecule has 0 spiro atoms. The molecule has 0 bridgehead atoms. The molecule has 0 aliphatic heterocycles. The Hall–Kier alpha value is -3.36. The van der Waals surface area contributed by atoms with Crippen molar-refractivity contribution in [2.24, 2.45) is 5.16 Å². The molecule has 3 rings (SSSR count). The fourth-order valence-corrected chi connectivity index (χ4v) is 2.44. The molecule has 0 aliphatic rings. The van der Waals surface area contributed by atoms with Crippen LogP contribution in [0.5, 0.6) is 5.75 Å². The monoisotopic (exact) mass is 404 g/mol. The Labute approximate surface area is 165 Å². The van der Waals surface area contributed by atoms with Gasteiger partial charge in [0.15, 0.2) is 5.82 Å². The zero-order valence-corrected chi connectivity index (χ0v) is 15.8. The third kappa shape index (κ3) is 5.81. The first-order valence-electron chi connectivity index (χ1n) is 8.75. The predicted octanol–water partition coefficient (Wildman–Crippen LogP) is 4.65. The van der Waals surface area contributed by atoms with Crippen molar-refractivity contribution in [3.8, 4) is 5.75 Å². The van der Waals surface area contributed by atoms with E-state index in [1.165, 1.54) is 12.1 Å². The maximum Gasteiger partial charge on any atom is 0.416 e. The zero-order valence-electron chi connectivity index (χ0n) is 15.8. The second kappa shape index (κ2) is 8.76. The molecule has 0 fully saturated rings. The second-order valence-corrected chi connectivity index (χ2v) is 6.29. The van der Waals surface area contributed by atoms with Gasteiger partial charge in [-0.1, -0.05) is 17.3 Å². The summed E-state index contributed by atoms with van der Waals surface area (Å²) in [5.41, 5.74) is 1.37. The summed E-state index contributed by atoms with van der Waals surface area (Å²) in [4.78, 5) is 9.42. The van der Waals surface area contributed by atoms with Gasteiger partial charge < -0.3 is 9.57 Å². The standard InChI is InChI=1S/C20H19F3N4O2/c1-13(27-29-11-15-3-7-17(8-4-15)20(21,22)23)16-5-9-18(10-6-16)28-12-19-24-14(2)25-26-19/h3-10H,11-12H2,1-2H3,(H,24,25,26)/b27-13+. The number of alkyl halides is 3. The number of hydrogen-bond acceptors (Lipinski definition) is 5. The van der Waals surface area contributed by atoms with E-state index < -0.39 is 11.7 Å². The molecule has 152 valence electrons. The van der Waals surface area contributed by atoms with Crippen LogP contribution in [0.3, 0.4) is 0 Å². The summed E-state index contributed by atoms with van der Waals surface area (Å²) in [6, 6.07) is 12.0. The smallest absolute Gasteiger partial charge is 0.416 e. The van der Waals surface area contributed by atoms with Gasteiger partial charge in [0.05, 0.1) is 11.3 Å². The number of ether oxygens (including phenoxy) is 1. The Kier molecular flexibility index (Phi) is 6.16. The van der Waals surface area contributed by atoms with Crippen LogP contribution in [0.2, 0.25) is 0 Å². The lowest BCUT2D eigenvalue weighted by atomic mass is 10.1. The van der Waals surface area contributed by atoms with Gasteiger partial charge in [-0.3, -0.25) is 5.10 Å². The summed E-state index contributed by atoms with van der Waals surface area (Å²) in [7, 11) is 0. The highest BCUT2D eigenvalue weighted by atomic mass is 19.4. The first kappa shape index (κ1) is 20.4. The van der Waals surface area contributed by atoms with Crippen molar-refractivity contribution >= 4 is 5.71 Å². The minimum atomic E-state index is -4.35. The van der Waals surface area contributed by atoms with Crippen molar-refractivity contribution in [1.29, 1.82) is 0 Å². The molecule has 3 aromatic rings. The molecular weight excluding hydrogens is 385 g/mol. The second-order valence-electron chi connectivity index (χ2n) is 6.29. The van der Waals surface area contributed by atoms with Crippen LogP contribution in [-0.4, -0.2) is 20.9 Å². The van der Waals surface area contributed by atoms with Gasteiger partial charge in [0.2, 0.25) is 0 Å². The van der Waals surface area contributed by atoms with Crippen LogP contribution in [0.15, 0.2) is 53.7 Å². The van der Waals surface area contributed by atoms with Crippen molar-refractivity contribution in [1.82, 2.24) is 15.2 Å². The van der Waals surface area contributed by atoms with Gasteiger partial charge in [0.1, 0.15) is 24.8 Å². The van der Waals surface area contributed by atoms with E-state index in [1.807, 2.05) is 19.1 Å². The minimum Gasteiger partial charge on any atom is -0.486 e. The topological polar surface area (TPSA) is 72.4 Å². The number of nitrogens with zero attached hydrogens (tertiary/aromatic N) is 3. The summed E-state index contributed by atoms with van der Waals surface area (Å²) >= 11 is 0. The van der Waals surface area contributed by atoms with E-state index in [0.717, 1.165) is 23.5 Å². The summed E-state index contributed by atoms with van der Waals surface area (Å²) in [6.45, 7) is 3.92. The number of halogens is 3. The Bertz CT molecular complexity index is 965. The van der Waals surface area contributed by atoms with E-state index in [1.54, 1.807) is 19.1 Å². The Morgan fingerprint density at radius 3 is 2.31 bits per heavy atom. The lowest BCUT2D eigenvalue weighted by Crippen LogP contribution is -2.04.